The number of carbonyl (C=O) groups is 4. The summed E-state index contributed by atoms with van der Waals surface area (Å²) in [5.41, 5.74) is 7.22. The van der Waals surface area contributed by atoms with Gasteiger partial charge in [0.2, 0.25) is 11.8 Å². The molecule has 0 fully saturated rings. The van der Waals surface area contributed by atoms with E-state index in [0.29, 0.717) is 0 Å². The van der Waals surface area contributed by atoms with E-state index in [0.717, 1.165) is 38.9 Å². The molecule has 1 aliphatic carbocycles. The van der Waals surface area contributed by atoms with Crippen molar-refractivity contribution in [3.63, 3.8) is 0 Å². The van der Waals surface area contributed by atoms with E-state index < -0.39 is 52.9 Å². The van der Waals surface area contributed by atoms with Gasteiger partial charge in [-0.2, -0.15) is 0 Å². The minimum atomic E-state index is -1.29. The number of hydrogen-bond acceptors (Lipinski definition) is 8. The maximum atomic E-state index is 14.7. The fourth-order valence-corrected chi connectivity index (χ4v) is 9.96. The number of esters is 1. The lowest BCUT2D eigenvalue weighted by molar-refractivity contribution is -0.145. The van der Waals surface area contributed by atoms with E-state index in [1.807, 2.05) is 155 Å². The number of thioether (sulfide) groups is 1. The quantitative estimate of drug-likeness (QED) is 0.0326. The number of alkyl carbamates (subject to hydrolysis) is 1. The van der Waals surface area contributed by atoms with Crippen molar-refractivity contribution in [3.05, 3.63) is 180 Å². The van der Waals surface area contributed by atoms with E-state index in [-0.39, 0.29) is 49.6 Å². The van der Waals surface area contributed by atoms with Crippen LogP contribution in [-0.2, 0) is 28.6 Å². The maximum absolute atomic E-state index is 14.7. The largest absolute Gasteiger partial charge is 0.461 e. The standard InChI is InChI=1S/C53H59N3O7S/c1-6-30-62-48(58)32-47(57)49(36(4)5)56-51(60)46(34-64-53(37-20-10-7-11-21-37,38-22-12-8-13-23-38)39-24-14-9-15-25-39)54-50(59)45(31-35(2)3)55-52(61)63-33-44-42-28-18-16-26-40(42)41-27-17-19-29-43(41)44/h6-29,35-36,44-47,49,57H,1,30-34H2,2-5H3,(H,54,59)(H,55,61)(H,56,60)/t45-,46-,47+,49-/m1/s1. The fraction of sp³-hybridized carbons (Fsp3) is 0.321. The van der Waals surface area contributed by atoms with Gasteiger partial charge in [0.05, 0.1) is 23.3 Å². The molecule has 0 heterocycles. The Balaban J connectivity index is 1.29. The number of nitrogens with one attached hydrogen (secondary N) is 3. The zero-order chi connectivity index (χ0) is 45.6. The Morgan fingerprint density at radius 2 is 1.16 bits per heavy atom. The molecule has 10 nitrogen and oxygen atoms in total. The molecule has 3 amide bonds. The van der Waals surface area contributed by atoms with E-state index in [9.17, 15) is 24.3 Å². The van der Waals surface area contributed by atoms with Gasteiger partial charge in [0, 0.05) is 11.7 Å². The third-order valence-electron chi connectivity index (χ3n) is 11.5. The van der Waals surface area contributed by atoms with E-state index in [4.69, 9.17) is 9.47 Å². The van der Waals surface area contributed by atoms with Gasteiger partial charge in [-0.15, -0.1) is 11.8 Å². The third kappa shape index (κ3) is 11.5. The molecular weight excluding hydrogens is 823 g/mol. The van der Waals surface area contributed by atoms with Crippen LogP contribution in [0.2, 0.25) is 0 Å². The molecule has 11 heteroatoms. The van der Waals surface area contributed by atoms with Gasteiger partial charge in [-0.1, -0.05) is 180 Å². The van der Waals surface area contributed by atoms with Crippen molar-refractivity contribution >= 4 is 35.6 Å². The smallest absolute Gasteiger partial charge is 0.407 e. The van der Waals surface area contributed by atoms with Crippen LogP contribution in [0.25, 0.3) is 11.1 Å². The van der Waals surface area contributed by atoms with Crippen molar-refractivity contribution in [1.29, 1.82) is 0 Å². The Morgan fingerprint density at radius 3 is 1.64 bits per heavy atom. The number of fused-ring (bicyclic) bond motifs is 3. The number of rotatable bonds is 21. The summed E-state index contributed by atoms with van der Waals surface area (Å²) in [5.74, 6) is -2.20. The van der Waals surface area contributed by atoms with E-state index >= 15 is 0 Å². The average molecular weight is 882 g/mol. The normalized spacial score (nSPS) is 14.0. The van der Waals surface area contributed by atoms with Gasteiger partial charge in [0.1, 0.15) is 25.3 Å². The molecule has 5 aromatic rings. The molecule has 64 heavy (non-hydrogen) atoms. The first-order valence-electron chi connectivity index (χ1n) is 21.9. The average Bonchev–Trinajstić information content (AvgIpc) is 3.62. The molecule has 5 aromatic carbocycles. The van der Waals surface area contributed by atoms with Gasteiger partial charge >= 0.3 is 12.1 Å². The Hall–Kier alpha value is -6.17. The molecule has 1 aliphatic rings. The molecule has 0 unspecified atom stereocenters. The number of carbonyl (C=O) groups excluding carboxylic acids is 4. The summed E-state index contributed by atoms with van der Waals surface area (Å²) < 4.78 is 10.2. The van der Waals surface area contributed by atoms with Crippen molar-refractivity contribution in [1.82, 2.24) is 16.0 Å². The molecule has 0 aliphatic heterocycles. The lowest BCUT2D eigenvalue weighted by atomic mass is 9.84. The van der Waals surface area contributed by atoms with Crippen molar-refractivity contribution in [2.45, 2.75) is 75.4 Å². The van der Waals surface area contributed by atoms with Crippen LogP contribution in [0.4, 0.5) is 4.79 Å². The highest BCUT2D eigenvalue weighted by atomic mass is 32.2. The van der Waals surface area contributed by atoms with Crippen LogP contribution in [0.3, 0.4) is 0 Å². The summed E-state index contributed by atoms with van der Waals surface area (Å²) in [6, 6.07) is 43.0. The first-order chi connectivity index (χ1) is 30.9. The predicted octanol–water partition coefficient (Wildman–Crippen LogP) is 8.77. The highest BCUT2D eigenvalue weighted by molar-refractivity contribution is 8.00. The number of hydrogen-bond donors (Lipinski definition) is 4. The summed E-state index contributed by atoms with van der Waals surface area (Å²) >= 11 is 1.49. The van der Waals surface area contributed by atoms with Gasteiger partial charge in [0.15, 0.2) is 0 Å². The summed E-state index contributed by atoms with van der Waals surface area (Å²) in [4.78, 5) is 55.5. The Morgan fingerprint density at radius 1 is 0.672 bits per heavy atom. The second-order valence-corrected chi connectivity index (χ2v) is 18.1. The van der Waals surface area contributed by atoms with Crippen molar-refractivity contribution in [3.8, 4) is 11.1 Å². The van der Waals surface area contributed by atoms with E-state index in [2.05, 4.69) is 34.7 Å². The van der Waals surface area contributed by atoms with Crippen molar-refractivity contribution in [2.75, 3.05) is 19.0 Å². The minimum Gasteiger partial charge on any atom is -0.461 e. The highest BCUT2D eigenvalue weighted by Crippen LogP contribution is 2.49. The molecule has 0 spiro atoms. The van der Waals surface area contributed by atoms with Crippen LogP contribution in [0, 0.1) is 11.8 Å². The zero-order valence-corrected chi connectivity index (χ0v) is 37.8. The number of aliphatic hydroxyl groups is 1. The topological polar surface area (TPSA) is 143 Å². The zero-order valence-electron chi connectivity index (χ0n) is 36.9. The van der Waals surface area contributed by atoms with E-state index in [1.54, 1.807) is 0 Å². The first-order valence-corrected chi connectivity index (χ1v) is 22.9. The number of aliphatic hydroxyl groups excluding tert-OH is 1. The molecule has 0 bridgehead atoms. The van der Waals surface area contributed by atoms with Crippen LogP contribution in [-0.4, -0.2) is 72.2 Å². The Bertz CT molecular complexity index is 2200. The molecule has 6 rings (SSSR count). The third-order valence-corrected chi connectivity index (χ3v) is 13.1. The summed E-state index contributed by atoms with van der Waals surface area (Å²) in [6.45, 7) is 11.2. The maximum Gasteiger partial charge on any atom is 0.407 e. The second kappa shape index (κ2) is 22.4. The molecule has 0 saturated heterocycles. The van der Waals surface area contributed by atoms with Crippen molar-refractivity contribution in [2.24, 2.45) is 11.8 Å². The molecular formula is C53H59N3O7S. The highest BCUT2D eigenvalue weighted by Gasteiger charge is 2.40. The van der Waals surface area contributed by atoms with Crippen LogP contribution in [0.5, 0.6) is 0 Å². The van der Waals surface area contributed by atoms with Crippen LogP contribution < -0.4 is 16.0 Å². The Kier molecular flexibility index (Phi) is 16.6. The number of amides is 3. The van der Waals surface area contributed by atoms with Crippen molar-refractivity contribution < 1.29 is 33.8 Å². The van der Waals surface area contributed by atoms with Gasteiger partial charge in [0.25, 0.3) is 0 Å². The van der Waals surface area contributed by atoms with Crippen LogP contribution in [0.15, 0.2) is 152 Å². The molecule has 0 aromatic heterocycles. The minimum absolute atomic E-state index is 0.0107. The van der Waals surface area contributed by atoms with Gasteiger partial charge in [-0.25, -0.2) is 4.79 Å². The molecule has 334 valence electrons. The molecule has 4 atom stereocenters. The van der Waals surface area contributed by atoms with Crippen LogP contribution in [0.1, 0.15) is 74.3 Å². The van der Waals surface area contributed by atoms with Crippen LogP contribution >= 0.6 is 11.8 Å². The first kappa shape index (κ1) is 47.3. The second-order valence-electron chi connectivity index (χ2n) is 16.8. The number of benzene rings is 5. The van der Waals surface area contributed by atoms with Gasteiger partial charge in [-0.3, -0.25) is 14.4 Å². The Labute approximate surface area is 381 Å². The lowest BCUT2D eigenvalue weighted by Gasteiger charge is -2.37. The SMILES string of the molecule is C=CCOC(=O)C[C@H](O)[C@H](NC(=O)[C@@H](CSC(c1ccccc1)(c1ccccc1)c1ccccc1)NC(=O)[C@@H](CC(C)C)NC(=O)OCC1c2ccccc2-c2ccccc21)C(C)C. The van der Waals surface area contributed by atoms with Gasteiger partial charge < -0.3 is 30.5 Å². The summed E-state index contributed by atoms with van der Waals surface area (Å²) in [7, 11) is 0. The number of ether oxygens (including phenoxy) is 2. The van der Waals surface area contributed by atoms with Gasteiger partial charge in [-0.05, 0) is 57.2 Å². The summed E-state index contributed by atoms with van der Waals surface area (Å²) in [6.07, 6.45) is -0.694. The van der Waals surface area contributed by atoms with E-state index in [1.165, 1.54) is 17.8 Å². The summed E-state index contributed by atoms with van der Waals surface area (Å²) in [5, 5.41) is 20.1. The fourth-order valence-electron chi connectivity index (χ4n) is 8.40. The lowest BCUT2D eigenvalue weighted by Crippen LogP contribution is -2.58. The monoisotopic (exact) mass is 881 g/mol. The predicted molar refractivity (Wildman–Crippen MR) is 254 cm³/mol. The molecule has 0 saturated carbocycles. The molecule has 4 N–H and O–H groups in total. The molecule has 0 radical (unpaired) electrons.